The second kappa shape index (κ2) is 5.88. The van der Waals surface area contributed by atoms with E-state index in [1.54, 1.807) is 13.2 Å². The van der Waals surface area contributed by atoms with Crippen LogP contribution in [-0.4, -0.2) is 16.9 Å². The van der Waals surface area contributed by atoms with Crippen molar-refractivity contribution in [1.82, 2.24) is 4.98 Å². The van der Waals surface area contributed by atoms with E-state index in [0.29, 0.717) is 18.0 Å². The van der Waals surface area contributed by atoms with E-state index >= 15 is 0 Å². The summed E-state index contributed by atoms with van der Waals surface area (Å²) in [4.78, 5) is 16.0. The highest BCUT2D eigenvalue weighted by molar-refractivity contribution is 5.91. The first-order chi connectivity index (χ1) is 9.45. The third-order valence-corrected chi connectivity index (χ3v) is 2.88. The summed E-state index contributed by atoms with van der Waals surface area (Å²) in [5.41, 5.74) is 9.06. The number of rotatable bonds is 4. The molecule has 0 radical (unpaired) electrons. The van der Waals surface area contributed by atoms with Crippen LogP contribution in [0.4, 0.5) is 5.69 Å². The molecule has 1 atom stereocenters. The van der Waals surface area contributed by atoms with Gasteiger partial charge >= 0.3 is 0 Å². The summed E-state index contributed by atoms with van der Waals surface area (Å²) in [5.74, 6) is 0.460. The maximum atomic E-state index is 11.7. The number of oxazole rings is 1. The zero-order chi connectivity index (χ0) is 14.7. The summed E-state index contributed by atoms with van der Waals surface area (Å²) in [6, 6.07) is 5.48. The fraction of sp³-hybridized carbons (Fsp3) is 0.333. The Bertz CT molecular complexity index is 617. The van der Waals surface area contributed by atoms with Gasteiger partial charge in [-0.25, -0.2) is 4.98 Å². The van der Waals surface area contributed by atoms with E-state index in [1.165, 1.54) is 0 Å². The third-order valence-electron chi connectivity index (χ3n) is 2.88. The molecule has 0 saturated carbocycles. The van der Waals surface area contributed by atoms with Gasteiger partial charge in [-0.05, 0) is 38.5 Å². The van der Waals surface area contributed by atoms with Crippen molar-refractivity contribution in [3.8, 4) is 11.5 Å². The van der Waals surface area contributed by atoms with Crippen LogP contribution >= 0.6 is 0 Å². The Morgan fingerprint density at radius 3 is 2.80 bits per heavy atom. The van der Waals surface area contributed by atoms with Crippen molar-refractivity contribution in [1.29, 1.82) is 0 Å². The molecule has 1 aromatic carbocycles. The molecule has 5 nitrogen and oxygen atoms in total. The average Bonchev–Trinajstić information content (AvgIpc) is 2.77. The molecule has 3 N–H and O–H groups in total. The fourth-order valence-corrected chi connectivity index (χ4v) is 1.91. The van der Waals surface area contributed by atoms with Crippen LogP contribution in [0, 0.1) is 13.8 Å². The van der Waals surface area contributed by atoms with Gasteiger partial charge in [0.25, 0.3) is 0 Å². The highest BCUT2D eigenvalue weighted by Gasteiger charge is 2.11. The van der Waals surface area contributed by atoms with E-state index in [4.69, 9.17) is 10.2 Å². The number of nitrogens with two attached hydrogens (primary N) is 1. The quantitative estimate of drug-likeness (QED) is 0.897. The lowest BCUT2D eigenvalue weighted by Gasteiger charge is -2.09. The van der Waals surface area contributed by atoms with Crippen molar-refractivity contribution in [2.45, 2.75) is 33.2 Å². The first-order valence-corrected chi connectivity index (χ1v) is 6.54. The van der Waals surface area contributed by atoms with Crippen molar-refractivity contribution in [3.63, 3.8) is 0 Å². The maximum absolute atomic E-state index is 11.7. The molecule has 0 aliphatic rings. The third kappa shape index (κ3) is 3.45. The Balaban J connectivity index is 2.23. The van der Waals surface area contributed by atoms with Crippen LogP contribution in [0.2, 0.25) is 0 Å². The molecule has 2 rings (SSSR count). The van der Waals surface area contributed by atoms with E-state index in [1.807, 2.05) is 32.0 Å². The summed E-state index contributed by atoms with van der Waals surface area (Å²) >= 11 is 0. The zero-order valence-electron chi connectivity index (χ0n) is 11.9. The number of aryl methyl sites for hydroxylation is 2. The number of carbonyl (C=O) groups is 1. The minimum atomic E-state index is -0.158. The molecule has 1 unspecified atom stereocenters. The van der Waals surface area contributed by atoms with Crippen LogP contribution in [0.1, 0.15) is 24.6 Å². The molecule has 0 spiro atoms. The lowest BCUT2D eigenvalue weighted by molar-refractivity contribution is -0.116. The number of benzene rings is 1. The highest BCUT2D eigenvalue weighted by atomic mass is 16.3. The molecule has 0 aliphatic carbocycles. The number of nitrogens with zero attached hydrogens (tertiary/aromatic N) is 1. The van der Waals surface area contributed by atoms with Gasteiger partial charge in [-0.2, -0.15) is 0 Å². The fourth-order valence-electron chi connectivity index (χ4n) is 1.91. The van der Waals surface area contributed by atoms with Gasteiger partial charge in [-0.15, -0.1) is 0 Å². The molecule has 5 heteroatoms. The Kier molecular flexibility index (Phi) is 4.20. The van der Waals surface area contributed by atoms with Gasteiger partial charge < -0.3 is 15.5 Å². The molecule has 0 aliphatic heterocycles. The first-order valence-electron chi connectivity index (χ1n) is 6.54. The van der Waals surface area contributed by atoms with Crippen molar-refractivity contribution in [3.05, 3.63) is 35.7 Å². The number of hydrogen-bond acceptors (Lipinski definition) is 4. The van der Waals surface area contributed by atoms with E-state index in [9.17, 15) is 4.79 Å². The highest BCUT2D eigenvalue weighted by Crippen LogP contribution is 2.26. The van der Waals surface area contributed by atoms with E-state index < -0.39 is 0 Å². The summed E-state index contributed by atoms with van der Waals surface area (Å²) in [5, 5.41) is 2.83. The smallest absolute Gasteiger partial charge is 0.226 e. The van der Waals surface area contributed by atoms with E-state index in [2.05, 4.69) is 10.3 Å². The second-order valence-corrected chi connectivity index (χ2v) is 5.05. The van der Waals surface area contributed by atoms with Crippen molar-refractivity contribution >= 4 is 11.6 Å². The number of hydrogen-bond donors (Lipinski definition) is 2. The van der Waals surface area contributed by atoms with Crippen LogP contribution in [0.15, 0.2) is 28.9 Å². The average molecular weight is 273 g/mol. The summed E-state index contributed by atoms with van der Waals surface area (Å²) in [6.45, 7) is 5.65. The monoisotopic (exact) mass is 273 g/mol. The van der Waals surface area contributed by atoms with Gasteiger partial charge in [-0.3, -0.25) is 4.79 Å². The molecule has 1 aromatic heterocycles. The SMILES string of the molecule is Cc1coc(-c2cc(NC(=O)CC(C)N)ccc2C)n1. The minimum absolute atomic E-state index is 0.0987. The van der Waals surface area contributed by atoms with Crippen LogP contribution in [0.3, 0.4) is 0 Å². The maximum Gasteiger partial charge on any atom is 0.226 e. The van der Waals surface area contributed by atoms with Crippen LogP contribution in [-0.2, 0) is 4.79 Å². The number of nitrogens with one attached hydrogen (secondary N) is 1. The molecule has 106 valence electrons. The van der Waals surface area contributed by atoms with Gasteiger partial charge in [0.05, 0.1) is 5.69 Å². The molecule has 0 saturated heterocycles. The second-order valence-electron chi connectivity index (χ2n) is 5.05. The van der Waals surface area contributed by atoms with Crippen molar-refractivity contribution in [2.24, 2.45) is 5.73 Å². The van der Waals surface area contributed by atoms with Gasteiger partial charge in [0, 0.05) is 23.7 Å². The van der Waals surface area contributed by atoms with Crippen molar-refractivity contribution < 1.29 is 9.21 Å². The topological polar surface area (TPSA) is 81.2 Å². The van der Waals surface area contributed by atoms with Crippen LogP contribution < -0.4 is 11.1 Å². The normalized spacial score (nSPS) is 12.2. The Hall–Kier alpha value is -2.14. The molecule has 20 heavy (non-hydrogen) atoms. The molecular formula is C15H19N3O2. The largest absolute Gasteiger partial charge is 0.444 e. The molecule has 0 bridgehead atoms. The standard InChI is InChI=1S/C15H19N3O2/c1-9-4-5-12(18-14(19)6-10(2)16)7-13(9)15-17-11(3)8-20-15/h4-5,7-8,10H,6,16H2,1-3H3,(H,18,19). The van der Waals surface area contributed by atoms with Gasteiger partial charge in [0.2, 0.25) is 11.8 Å². The van der Waals surface area contributed by atoms with Crippen LogP contribution in [0.5, 0.6) is 0 Å². The van der Waals surface area contributed by atoms with Gasteiger partial charge in [0.15, 0.2) is 0 Å². The number of anilines is 1. The predicted octanol–water partition coefficient (Wildman–Crippen LogP) is 2.63. The number of carbonyl (C=O) groups excluding carboxylic acids is 1. The first kappa shape index (κ1) is 14.3. The number of amides is 1. The Morgan fingerprint density at radius 2 is 2.20 bits per heavy atom. The lowest BCUT2D eigenvalue weighted by atomic mass is 10.1. The van der Waals surface area contributed by atoms with Crippen LogP contribution in [0.25, 0.3) is 11.5 Å². The molecule has 0 fully saturated rings. The molecule has 1 amide bonds. The zero-order valence-corrected chi connectivity index (χ0v) is 11.9. The van der Waals surface area contributed by atoms with E-state index in [0.717, 1.165) is 16.8 Å². The molecule has 1 heterocycles. The minimum Gasteiger partial charge on any atom is -0.444 e. The molecule has 2 aromatic rings. The summed E-state index contributed by atoms with van der Waals surface area (Å²) < 4.78 is 5.41. The summed E-state index contributed by atoms with van der Waals surface area (Å²) in [7, 11) is 0. The number of aromatic nitrogens is 1. The van der Waals surface area contributed by atoms with Gasteiger partial charge in [-0.1, -0.05) is 6.07 Å². The van der Waals surface area contributed by atoms with Crippen molar-refractivity contribution in [2.75, 3.05) is 5.32 Å². The Morgan fingerprint density at radius 1 is 1.45 bits per heavy atom. The predicted molar refractivity (Wildman–Crippen MR) is 78.3 cm³/mol. The lowest BCUT2D eigenvalue weighted by Crippen LogP contribution is -2.23. The van der Waals surface area contributed by atoms with E-state index in [-0.39, 0.29) is 11.9 Å². The van der Waals surface area contributed by atoms with Gasteiger partial charge in [0.1, 0.15) is 6.26 Å². The Labute approximate surface area is 118 Å². The summed E-state index contributed by atoms with van der Waals surface area (Å²) in [6.07, 6.45) is 1.90. The molecular weight excluding hydrogens is 254 g/mol.